The van der Waals surface area contributed by atoms with E-state index in [1.807, 2.05) is 30.3 Å². The number of nitrogens with one attached hydrogen (secondary N) is 1. The summed E-state index contributed by atoms with van der Waals surface area (Å²) in [5.41, 5.74) is 3.19. The number of pyridine rings is 1. The second-order valence-electron chi connectivity index (χ2n) is 6.45. The van der Waals surface area contributed by atoms with Gasteiger partial charge in [0, 0.05) is 12.1 Å². The average molecular weight is 353 g/mol. The zero-order valence-electron chi connectivity index (χ0n) is 13.7. The predicted octanol–water partition coefficient (Wildman–Crippen LogP) is 3.33. The van der Waals surface area contributed by atoms with Gasteiger partial charge in [-0.05, 0) is 37.1 Å². The third-order valence-corrected chi connectivity index (χ3v) is 4.63. The number of aliphatic hydroxyl groups is 1. The number of benzene rings is 1. The number of hydrogen-bond acceptors (Lipinski definition) is 5. The van der Waals surface area contributed by atoms with Gasteiger partial charge in [0.05, 0.1) is 17.4 Å². The van der Waals surface area contributed by atoms with E-state index in [-0.39, 0.29) is 0 Å². The van der Waals surface area contributed by atoms with Gasteiger partial charge in [-0.1, -0.05) is 18.2 Å². The molecule has 3 N–H and O–H groups in total. The van der Waals surface area contributed by atoms with Crippen molar-refractivity contribution in [3.63, 3.8) is 0 Å². The van der Waals surface area contributed by atoms with E-state index < -0.39 is 23.6 Å². The van der Waals surface area contributed by atoms with Crippen molar-refractivity contribution >= 4 is 5.69 Å². The molecule has 1 aliphatic rings. The fraction of sp³-hybridized carbons (Fsp3) is 0.353. The Balaban J connectivity index is 2.00. The molecule has 0 fully saturated rings. The molecule has 1 atom stereocenters. The van der Waals surface area contributed by atoms with Crippen LogP contribution in [-0.2, 0) is 18.3 Å². The maximum Gasteiger partial charge on any atom is 0.433 e. The summed E-state index contributed by atoms with van der Waals surface area (Å²) in [4.78, 5) is 5.44. The Hall–Kier alpha value is -2.16. The Morgan fingerprint density at radius 3 is 2.52 bits per heavy atom. The molecular weight excluding hydrogens is 335 g/mol. The summed E-state index contributed by atoms with van der Waals surface area (Å²) >= 11 is 0. The Kier molecular flexibility index (Phi) is 4.22. The van der Waals surface area contributed by atoms with Crippen LogP contribution in [0.5, 0.6) is 0 Å². The zero-order chi connectivity index (χ0) is 18.4. The third kappa shape index (κ3) is 2.97. The molecule has 25 heavy (non-hydrogen) atoms. The highest BCUT2D eigenvalue weighted by Crippen LogP contribution is 2.44. The monoisotopic (exact) mass is 353 g/mol. The first-order valence-corrected chi connectivity index (χ1v) is 7.67. The van der Waals surface area contributed by atoms with Gasteiger partial charge in [-0.3, -0.25) is 0 Å². The van der Waals surface area contributed by atoms with Gasteiger partial charge in [0.2, 0.25) is 0 Å². The van der Waals surface area contributed by atoms with E-state index >= 15 is 0 Å². The van der Waals surface area contributed by atoms with Crippen molar-refractivity contribution in [3.8, 4) is 0 Å². The minimum absolute atomic E-state index is 0.379. The van der Waals surface area contributed by atoms with Crippen LogP contribution in [0.1, 0.15) is 42.5 Å². The Bertz CT molecular complexity index is 776. The van der Waals surface area contributed by atoms with Gasteiger partial charge in [0.25, 0.3) is 0 Å². The molecule has 3 rings (SSSR count). The first kappa shape index (κ1) is 17.7. The Morgan fingerprint density at radius 2 is 1.96 bits per heavy atom. The summed E-state index contributed by atoms with van der Waals surface area (Å²) in [5.74, 6) is 0. The highest BCUT2D eigenvalue weighted by molar-refractivity contribution is 5.58. The van der Waals surface area contributed by atoms with Gasteiger partial charge in [0.1, 0.15) is 5.69 Å². The van der Waals surface area contributed by atoms with Gasteiger partial charge in [-0.2, -0.15) is 18.7 Å². The van der Waals surface area contributed by atoms with Crippen molar-refractivity contribution in [2.75, 3.05) is 4.90 Å². The highest BCUT2D eigenvalue weighted by Gasteiger charge is 2.40. The fourth-order valence-corrected chi connectivity index (χ4v) is 3.31. The van der Waals surface area contributed by atoms with Crippen LogP contribution in [-0.4, -0.2) is 15.3 Å². The van der Waals surface area contributed by atoms with Crippen LogP contribution in [0.4, 0.5) is 18.9 Å². The molecule has 8 heteroatoms. The molecule has 0 saturated heterocycles. The van der Waals surface area contributed by atoms with E-state index in [0.29, 0.717) is 17.8 Å². The normalized spacial score (nSPS) is 17.5. The van der Waals surface area contributed by atoms with Crippen LogP contribution in [0.2, 0.25) is 0 Å². The number of hydrogen-bond donors (Lipinski definition) is 3. The van der Waals surface area contributed by atoms with Crippen molar-refractivity contribution in [1.29, 1.82) is 0 Å². The quantitative estimate of drug-likeness (QED) is 0.583. The molecule has 1 aliphatic heterocycles. The summed E-state index contributed by atoms with van der Waals surface area (Å²) in [6, 6.07) is 7.71. The molecule has 0 amide bonds. The maximum absolute atomic E-state index is 12.7. The van der Waals surface area contributed by atoms with Crippen LogP contribution in [0.3, 0.4) is 0 Å². The number of alkyl halides is 3. The number of anilines is 1. The minimum Gasteiger partial charge on any atom is -0.372 e. The molecule has 2 aromatic rings. The standard InChI is InChI=1S/C17H18F3N3O2/c1-16(2)13-5-3-4-11(15(24)22-25)12(13)9-23(16)10-6-7-14(21-8-10)17(18,19)20/h3-8,15,22,24-25H,9H2,1-2H3. The maximum atomic E-state index is 12.7. The molecule has 5 nitrogen and oxygen atoms in total. The van der Waals surface area contributed by atoms with Gasteiger partial charge in [-0.25, -0.2) is 4.98 Å². The third-order valence-electron chi connectivity index (χ3n) is 4.63. The number of halogens is 3. The Morgan fingerprint density at radius 1 is 1.24 bits per heavy atom. The van der Waals surface area contributed by atoms with Crippen LogP contribution in [0.15, 0.2) is 36.5 Å². The number of hydroxylamine groups is 1. The lowest BCUT2D eigenvalue weighted by Crippen LogP contribution is -2.35. The number of aromatic nitrogens is 1. The topological polar surface area (TPSA) is 68.6 Å². The zero-order valence-corrected chi connectivity index (χ0v) is 13.7. The van der Waals surface area contributed by atoms with E-state index in [1.54, 1.807) is 12.1 Å². The van der Waals surface area contributed by atoms with Crippen molar-refractivity contribution < 1.29 is 23.5 Å². The minimum atomic E-state index is -4.48. The molecule has 0 aliphatic carbocycles. The molecule has 0 bridgehead atoms. The van der Waals surface area contributed by atoms with Crippen molar-refractivity contribution in [2.24, 2.45) is 0 Å². The number of nitrogens with zero attached hydrogens (tertiary/aromatic N) is 2. The van der Waals surface area contributed by atoms with Crippen molar-refractivity contribution in [2.45, 2.75) is 38.3 Å². The first-order valence-electron chi connectivity index (χ1n) is 7.67. The van der Waals surface area contributed by atoms with Crippen LogP contribution < -0.4 is 10.4 Å². The average Bonchev–Trinajstić information content (AvgIpc) is 2.85. The molecule has 134 valence electrons. The molecule has 0 spiro atoms. The summed E-state index contributed by atoms with van der Waals surface area (Å²) in [7, 11) is 0. The SMILES string of the molecule is CC1(C)c2cccc(C(O)NO)c2CN1c1ccc(C(F)(F)F)nc1. The van der Waals surface area contributed by atoms with Gasteiger partial charge < -0.3 is 15.2 Å². The second kappa shape index (κ2) is 5.98. The van der Waals surface area contributed by atoms with Crippen LogP contribution in [0, 0.1) is 0 Å². The summed E-state index contributed by atoms with van der Waals surface area (Å²) in [6.45, 7) is 4.27. The largest absolute Gasteiger partial charge is 0.433 e. The highest BCUT2D eigenvalue weighted by atomic mass is 19.4. The molecular formula is C17H18F3N3O2. The summed E-state index contributed by atoms with van der Waals surface area (Å²) < 4.78 is 38.1. The van der Waals surface area contributed by atoms with Crippen LogP contribution >= 0.6 is 0 Å². The molecule has 1 aromatic carbocycles. The lowest BCUT2D eigenvalue weighted by atomic mass is 9.91. The molecule has 2 heterocycles. The first-order chi connectivity index (χ1) is 11.7. The van der Waals surface area contributed by atoms with Gasteiger partial charge >= 0.3 is 6.18 Å². The second-order valence-corrected chi connectivity index (χ2v) is 6.45. The van der Waals surface area contributed by atoms with Gasteiger partial charge in [-0.15, -0.1) is 0 Å². The van der Waals surface area contributed by atoms with Crippen LogP contribution in [0.25, 0.3) is 0 Å². The molecule has 1 unspecified atom stereocenters. The number of fused-ring (bicyclic) bond motifs is 1. The molecule has 0 radical (unpaired) electrons. The Labute approximate surface area is 142 Å². The predicted molar refractivity (Wildman–Crippen MR) is 84.8 cm³/mol. The van der Waals surface area contributed by atoms with E-state index in [9.17, 15) is 18.3 Å². The van der Waals surface area contributed by atoms with Gasteiger partial charge in [0.15, 0.2) is 6.23 Å². The van der Waals surface area contributed by atoms with E-state index in [4.69, 9.17) is 5.21 Å². The molecule has 0 saturated carbocycles. The summed E-state index contributed by atoms with van der Waals surface area (Å²) in [6.07, 6.45) is -4.51. The number of aliphatic hydroxyl groups excluding tert-OH is 1. The smallest absolute Gasteiger partial charge is 0.372 e. The van der Waals surface area contributed by atoms with Crippen molar-refractivity contribution in [3.05, 3.63) is 58.9 Å². The lowest BCUT2D eigenvalue weighted by Gasteiger charge is -2.34. The fourth-order valence-electron chi connectivity index (χ4n) is 3.31. The number of rotatable bonds is 3. The molecule has 1 aromatic heterocycles. The van der Waals surface area contributed by atoms with Crippen molar-refractivity contribution in [1.82, 2.24) is 10.5 Å². The van der Waals surface area contributed by atoms with E-state index in [2.05, 4.69) is 4.98 Å². The lowest BCUT2D eigenvalue weighted by molar-refractivity contribution is -0.141. The van der Waals surface area contributed by atoms with E-state index in [1.165, 1.54) is 12.3 Å². The summed E-state index contributed by atoms with van der Waals surface area (Å²) in [5, 5.41) is 18.9. The van der Waals surface area contributed by atoms with E-state index in [0.717, 1.165) is 17.2 Å².